The van der Waals surface area contributed by atoms with Gasteiger partial charge in [0, 0.05) is 13.7 Å². The molecular weight excluding hydrogens is 222 g/mol. The van der Waals surface area contributed by atoms with Gasteiger partial charge in [-0.15, -0.1) is 0 Å². The number of hydrogen-bond donors (Lipinski definition) is 3. The lowest BCUT2D eigenvalue weighted by molar-refractivity contribution is -0.129. The number of ether oxygens (including phenoxy) is 1. The van der Waals surface area contributed by atoms with E-state index in [9.17, 15) is 9.59 Å². The lowest BCUT2D eigenvalue weighted by Crippen LogP contribution is -2.54. The van der Waals surface area contributed by atoms with Gasteiger partial charge in [0.05, 0.1) is 18.7 Å². The Labute approximate surface area is 102 Å². The molecule has 0 saturated carbocycles. The third-order valence-corrected chi connectivity index (χ3v) is 2.22. The summed E-state index contributed by atoms with van der Waals surface area (Å²) in [5, 5.41) is 8.24. The summed E-state index contributed by atoms with van der Waals surface area (Å²) in [5.74, 6) is -0.413. The molecule has 0 aliphatic carbocycles. The molecule has 0 atom stereocenters. The van der Waals surface area contributed by atoms with Crippen LogP contribution in [-0.4, -0.2) is 50.7 Å². The van der Waals surface area contributed by atoms with Gasteiger partial charge in [-0.1, -0.05) is 6.92 Å². The van der Waals surface area contributed by atoms with Crippen LogP contribution in [0.25, 0.3) is 0 Å². The molecule has 0 bridgehead atoms. The summed E-state index contributed by atoms with van der Waals surface area (Å²) < 4.78 is 4.79. The fourth-order valence-electron chi connectivity index (χ4n) is 1.26. The second kappa shape index (κ2) is 8.03. The molecule has 0 aromatic rings. The van der Waals surface area contributed by atoms with Crippen LogP contribution in [0.3, 0.4) is 0 Å². The van der Waals surface area contributed by atoms with Crippen molar-refractivity contribution in [1.82, 2.24) is 16.0 Å². The number of carbonyl (C=O) groups excluding carboxylic acids is 2. The van der Waals surface area contributed by atoms with Crippen LogP contribution in [0.5, 0.6) is 0 Å². The second-order valence-electron chi connectivity index (χ2n) is 4.18. The normalized spacial score (nSPS) is 11.1. The zero-order valence-electron chi connectivity index (χ0n) is 11.1. The SMILES string of the molecule is CCNC(C)(C)C(=O)NCC(=O)NCCOC. The molecule has 0 rings (SSSR count). The van der Waals surface area contributed by atoms with Gasteiger partial charge in [-0.3, -0.25) is 9.59 Å². The molecule has 0 spiro atoms. The molecule has 0 saturated heterocycles. The number of hydrogen-bond acceptors (Lipinski definition) is 4. The molecule has 0 fully saturated rings. The number of rotatable bonds is 8. The molecule has 0 heterocycles. The minimum atomic E-state index is -0.665. The average molecular weight is 245 g/mol. The zero-order valence-corrected chi connectivity index (χ0v) is 11.1. The monoisotopic (exact) mass is 245 g/mol. The van der Waals surface area contributed by atoms with Crippen molar-refractivity contribution in [3.05, 3.63) is 0 Å². The quantitative estimate of drug-likeness (QED) is 0.492. The molecule has 0 unspecified atom stereocenters. The summed E-state index contributed by atoms with van der Waals surface area (Å²) in [6.45, 7) is 7.05. The Morgan fingerprint density at radius 2 is 1.88 bits per heavy atom. The molecule has 17 heavy (non-hydrogen) atoms. The van der Waals surface area contributed by atoms with Gasteiger partial charge in [0.15, 0.2) is 0 Å². The van der Waals surface area contributed by atoms with Crippen molar-refractivity contribution in [3.63, 3.8) is 0 Å². The maximum atomic E-state index is 11.7. The highest BCUT2D eigenvalue weighted by Gasteiger charge is 2.25. The highest BCUT2D eigenvalue weighted by atomic mass is 16.5. The van der Waals surface area contributed by atoms with Gasteiger partial charge in [-0.05, 0) is 20.4 Å². The standard InChI is InChI=1S/C11H23N3O3/c1-5-14-11(2,3)10(16)13-8-9(15)12-6-7-17-4/h14H,5-8H2,1-4H3,(H,12,15)(H,13,16). The van der Waals surface area contributed by atoms with Crippen molar-refractivity contribution in [2.45, 2.75) is 26.3 Å². The molecule has 0 aliphatic heterocycles. The Hall–Kier alpha value is -1.14. The third kappa shape index (κ3) is 6.91. The second-order valence-corrected chi connectivity index (χ2v) is 4.18. The van der Waals surface area contributed by atoms with E-state index in [1.165, 1.54) is 0 Å². The molecule has 0 aromatic heterocycles. The smallest absolute Gasteiger partial charge is 0.240 e. The van der Waals surface area contributed by atoms with Crippen LogP contribution in [-0.2, 0) is 14.3 Å². The van der Waals surface area contributed by atoms with E-state index < -0.39 is 5.54 Å². The number of likely N-dealkylation sites (N-methyl/N-ethyl adjacent to an activating group) is 1. The number of methoxy groups -OCH3 is 1. The minimum Gasteiger partial charge on any atom is -0.383 e. The Kier molecular flexibility index (Phi) is 7.49. The summed E-state index contributed by atoms with van der Waals surface area (Å²) in [4.78, 5) is 23.0. The van der Waals surface area contributed by atoms with Crippen LogP contribution < -0.4 is 16.0 Å². The highest BCUT2D eigenvalue weighted by molar-refractivity contribution is 5.89. The predicted octanol–water partition coefficient (Wildman–Crippen LogP) is -0.747. The van der Waals surface area contributed by atoms with Gasteiger partial charge < -0.3 is 20.7 Å². The van der Waals surface area contributed by atoms with E-state index in [2.05, 4.69) is 16.0 Å². The Balaban J connectivity index is 3.87. The summed E-state index contributed by atoms with van der Waals surface area (Å²) >= 11 is 0. The van der Waals surface area contributed by atoms with Crippen molar-refractivity contribution in [1.29, 1.82) is 0 Å². The van der Waals surface area contributed by atoms with Crippen LogP contribution >= 0.6 is 0 Å². The number of carbonyl (C=O) groups is 2. The van der Waals surface area contributed by atoms with Gasteiger partial charge in [0.1, 0.15) is 0 Å². The Morgan fingerprint density at radius 3 is 2.41 bits per heavy atom. The number of nitrogens with one attached hydrogen (secondary N) is 3. The Bertz CT molecular complexity index is 254. The summed E-state index contributed by atoms with van der Waals surface area (Å²) in [5.41, 5.74) is -0.665. The fourth-order valence-corrected chi connectivity index (χ4v) is 1.26. The summed E-state index contributed by atoms with van der Waals surface area (Å²) in [7, 11) is 1.56. The largest absolute Gasteiger partial charge is 0.383 e. The Morgan fingerprint density at radius 1 is 1.24 bits per heavy atom. The summed E-state index contributed by atoms with van der Waals surface area (Å²) in [6.07, 6.45) is 0. The van der Waals surface area contributed by atoms with Crippen LogP contribution in [0.4, 0.5) is 0 Å². The molecule has 6 nitrogen and oxygen atoms in total. The van der Waals surface area contributed by atoms with E-state index >= 15 is 0 Å². The molecule has 0 aromatic carbocycles. The first kappa shape index (κ1) is 15.9. The van der Waals surface area contributed by atoms with Gasteiger partial charge >= 0.3 is 0 Å². The molecule has 0 radical (unpaired) electrons. The molecule has 2 amide bonds. The first-order valence-electron chi connectivity index (χ1n) is 5.73. The third-order valence-electron chi connectivity index (χ3n) is 2.22. The van der Waals surface area contributed by atoms with Crippen molar-refractivity contribution < 1.29 is 14.3 Å². The summed E-state index contributed by atoms with van der Waals surface area (Å²) in [6, 6.07) is 0. The first-order chi connectivity index (χ1) is 7.94. The fraction of sp³-hybridized carbons (Fsp3) is 0.818. The van der Waals surface area contributed by atoms with Crippen LogP contribution in [0.15, 0.2) is 0 Å². The van der Waals surface area contributed by atoms with E-state index in [1.807, 2.05) is 6.92 Å². The van der Waals surface area contributed by atoms with E-state index in [0.717, 1.165) is 0 Å². The van der Waals surface area contributed by atoms with Crippen LogP contribution in [0.2, 0.25) is 0 Å². The van der Waals surface area contributed by atoms with E-state index in [1.54, 1.807) is 21.0 Å². The van der Waals surface area contributed by atoms with Crippen molar-refractivity contribution >= 4 is 11.8 Å². The van der Waals surface area contributed by atoms with Gasteiger partial charge in [0.2, 0.25) is 11.8 Å². The lowest BCUT2D eigenvalue weighted by atomic mass is 10.0. The maximum Gasteiger partial charge on any atom is 0.240 e. The molecule has 100 valence electrons. The number of amides is 2. The van der Waals surface area contributed by atoms with Crippen LogP contribution in [0, 0.1) is 0 Å². The molecule has 6 heteroatoms. The molecular formula is C11H23N3O3. The molecule has 3 N–H and O–H groups in total. The highest BCUT2D eigenvalue weighted by Crippen LogP contribution is 2.00. The lowest BCUT2D eigenvalue weighted by Gasteiger charge is -2.24. The predicted molar refractivity (Wildman–Crippen MR) is 65.7 cm³/mol. The van der Waals surface area contributed by atoms with Gasteiger partial charge in [-0.25, -0.2) is 0 Å². The van der Waals surface area contributed by atoms with Crippen molar-refractivity contribution in [2.75, 3.05) is 33.4 Å². The van der Waals surface area contributed by atoms with Crippen molar-refractivity contribution in [2.24, 2.45) is 0 Å². The van der Waals surface area contributed by atoms with Crippen molar-refractivity contribution in [3.8, 4) is 0 Å². The topological polar surface area (TPSA) is 79.5 Å². The zero-order chi connectivity index (χ0) is 13.3. The first-order valence-corrected chi connectivity index (χ1v) is 5.73. The van der Waals surface area contributed by atoms with E-state index in [4.69, 9.17) is 4.74 Å². The van der Waals surface area contributed by atoms with Crippen LogP contribution in [0.1, 0.15) is 20.8 Å². The van der Waals surface area contributed by atoms with Gasteiger partial charge in [0.25, 0.3) is 0 Å². The minimum absolute atomic E-state index is 0.0165. The molecule has 0 aliphatic rings. The average Bonchev–Trinajstić information content (AvgIpc) is 2.26. The van der Waals surface area contributed by atoms with E-state index in [-0.39, 0.29) is 18.4 Å². The van der Waals surface area contributed by atoms with Gasteiger partial charge in [-0.2, -0.15) is 0 Å². The maximum absolute atomic E-state index is 11.7. The van der Waals surface area contributed by atoms with E-state index in [0.29, 0.717) is 19.7 Å².